The molecule has 3 amide bonds. The number of nitrogens with two attached hydrogens (primary N) is 1. The molecule has 1 aromatic heterocycles. The van der Waals surface area contributed by atoms with Crippen LogP contribution in [0.1, 0.15) is 40.0 Å². The number of hydrogen-bond donors (Lipinski definition) is 4. The summed E-state index contributed by atoms with van der Waals surface area (Å²) >= 11 is 0. The monoisotopic (exact) mass is 382 g/mol. The first-order chi connectivity index (χ1) is 13.6. The minimum absolute atomic E-state index is 0.173. The predicted octanol–water partition coefficient (Wildman–Crippen LogP) is 0.284. The molecular formula is C19H22N6O3. The van der Waals surface area contributed by atoms with Gasteiger partial charge in [0, 0.05) is 43.3 Å². The Labute approximate surface area is 161 Å². The van der Waals surface area contributed by atoms with E-state index in [0.717, 1.165) is 23.2 Å². The first-order valence-electron chi connectivity index (χ1n) is 9.30. The maximum atomic E-state index is 13.0. The third kappa shape index (κ3) is 3.36. The highest BCUT2D eigenvalue weighted by atomic mass is 16.2. The van der Waals surface area contributed by atoms with Gasteiger partial charge in [-0.3, -0.25) is 24.8 Å². The van der Waals surface area contributed by atoms with Crippen molar-refractivity contribution in [2.75, 3.05) is 11.9 Å². The van der Waals surface area contributed by atoms with E-state index in [9.17, 15) is 14.4 Å². The number of anilines is 1. The van der Waals surface area contributed by atoms with Crippen LogP contribution in [0.15, 0.2) is 24.3 Å². The van der Waals surface area contributed by atoms with Gasteiger partial charge in [-0.15, -0.1) is 0 Å². The number of H-pyrrole nitrogens is 1. The minimum Gasteiger partial charge on any atom is -0.364 e. The molecule has 1 fully saturated rings. The van der Waals surface area contributed by atoms with Gasteiger partial charge in [-0.1, -0.05) is 18.2 Å². The second kappa shape index (κ2) is 7.43. The summed E-state index contributed by atoms with van der Waals surface area (Å²) in [4.78, 5) is 38.2. The van der Waals surface area contributed by atoms with E-state index < -0.39 is 11.9 Å². The fourth-order valence-corrected chi connectivity index (χ4v) is 3.76. The highest BCUT2D eigenvalue weighted by molar-refractivity contribution is 6.06. The topological polar surface area (TPSA) is 133 Å². The standard InChI is InChI=1S/C19H22N6O3/c20-7-6-13-8-15(24-23-13)21-9-11-2-1-3-12-10-25(19(28)17(11)12)14-4-5-16(26)22-18(14)27/h1-3,8,14H,4-7,9-10,20H2,(H2,21,23,24)(H,22,26,27). The van der Waals surface area contributed by atoms with Crippen molar-refractivity contribution in [2.24, 2.45) is 5.73 Å². The van der Waals surface area contributed by atoms with Crippen LogP contribution in [-0.4, -0.2) is 45.4 Å². The number of nitrogens with zero attached hydrogens (tertiary/aromatic N) is 2. The first kappa shape index (κ1) is 18.2. The molecule has 0 aliphatic carbocycles. The van der Waals surface area contributed by atoms with Gasteiger partial charge >= 0.3 is 0 Å². The van der Waals surface area contributed by atoms with E-state index in [2.05, 4.69) is 20.8 Å². The summed E-state index contributed by atoms with van der Waals surface area (Å²) in [5.41, 5.74) is 8.85. The molecule has 2 aromatic rings. The zero-order valence-electron chi connectivity index (χ0n) is 15.3. The summed E-state index contributed by atoms with van der Waals surface area (Å²) < 4.78 is 0. The van der Waals surface area contributed by atoms with Crippen LogP contribution < -0.4 is 16.4 Å². The number of benzene rings is 1. The third-order valence-electron chi connectivity index (χ3n) is 5.14. The van der Waals surface area contributed by atoms with Gasteiger partial charge in [0.05, 0.1) is 0 Å². The third-order valence-corrected chi connectivity index (χ3v) is 5.14. The van der Waals surface area contributed by atoms with E-state index in [1.54, 1.807) is 4.90 Å². The average molecular weight is 382 g/mol. The number of imide groups is 1. The molecule has 3 heterocycles. The number of aromatic amines is 1. The molecule has 0 saturated carbocycles. The minimum atomic E-state index is -0.608. The van der Waals surface area contributed by atoms with Crippen LogP contribution in [0, 0.1) is 0 Å². The van der Waals surface area contributed by atoms with Gasteiger partial charge in [0.25, 0.3) is 5.91 Å². The molecule has 0 radical (unpaired) electrons. The molecule has 9 heteroatoms. The number of fused-ring (bicyclic) bond motifs is 1. The molecule has 1 aromatic carbocycles. The molecular weight excluding hydrogens is 360 g/mol. The normalized spacial score (nSPS) is 19.0. The Morgan fingerprint density at radius 2 is 2.14 bits per heavy atom. The van der Waals surface area contributed by atoms with Gasteiger partial charge in [0.15, 0.2) is 0 Å². The van der Waals surface area contributed by atoms with E-state index in [1.807, 2.05) is 24.3 Å². The molecule has 28 heavy (non-hydrogen) atoms. The van der Waals surface area contributed by atoms with Gasteiger partial charge in [-0.05, 0) is 24.1 Å². The molecule has 146 valence electrons. The molecule has 5 N–H and O–H groups in total. The Morgan fingerprint density at radius 1 is 1.29 bits per heavy atom. The van der Waals surface area contributed by atoms with Crippen molar-refractivity contribution in [3.05, 3.63) is 46.6 Å². The summed E-state index contributed by atoms with van der Waals surface area (Å²) in [7, 11) is 0. The van der Waals surface area contributed by atoms with E-state index in [0.29, 0.717) is 37.4 Å². The maximum absolute atomic E-state index is 13.0. The molecule has 2 aliphatic heterocycles. The second-order valence-electron chi connectivity index (χ2n) is 7.02. The molecule has 4 rings (SSSR count). The number of carbonyl (C=O) groups is 3. The number of amides is 3. The second-order valence-corrected chi connectivity index (χ2v) is 7.02. The van der Waals surface area contributed by atoms with Crippen molar-refractivity contribution in [1.29, 1.82) is 0 Å². The van der Waals surface area contributed by atoms with Crippen LogP contribution in [0.2, 0.25) is 0 Å². The Kier molecular flexibility index (Phi) is 4.82. The largest absolute Gasteiger partial charge is 0.364 e. The van der Waals surface area contributed by atoms with Crippen molar-refractivity contribution in [2.45, 2.75) is 38.4 Å². The fourth-order valence-electron chi connectivity index (χ4n) is 3.76. The highest BCUT2D eigenvalue weighted by Gasteiger charge is 2.39. The zero-order valence-corrected chi connectivity index (χ0v) is 15.3. The van der Waals surface area contributed by atoms with Crippen molar-refractivity contribution < 1.29 is 14.4 Å². The molecule has 1 saturated heterocycles. The Balaban J connectivity index is 1.50. The summed E-state index contributed by atoms with van der Waals surface area (Å²) in [6, 6.07) is 6.99. The van der Waals surface area contributed by atoms with Crippen LogP contribution in [0.25, 0.3) is 0 Å². The smallest absolute Gasteiger partial charge is 0.255 e. The lowest BCUT2D eigenvalue weighted by Gasteiger charge is -2.29. The van der Waals surface area contributed by atoms with Crippen molar-refractivity contribution in [3.63, 3.8) is 0 Å². The summed E-state index contributed by atoms with van der Waals surface area (Å²) in [6.45, 7) is 1.35. The molecule has 1 atom stereocenters. The zero-order chi connectivity index (χ0) is 19.7. The average Bonchev–Trinajstić information content (AvgIpc) is 3.25. The number of nitrogens with one attached hydrogen (secondary N) is 3. The number of carbonyl (C=O) groups excluding carboxylic acids is 3. The quantitative estimate of drug-likeness (QED) is 0.531. The van der Waals surface area contributed by atoms with Crippen molar-refractivity contribution in [1.82, 2.24) is 20.4 Å². The summed E-state index contributed by atoms with van der Waals surface area (Å²) in [5.74, 6) is -0.175. The number of rotatable bonds is 6. The van der Waals surface area contributed by atoms with Crippen LogP contribution in [0.4, 0.5) is 5.82 Å². The highest BCUT2D eigenvalue weighted by Crippen LogP contribution is 2.30. The van der Waals surface area contributed by atoms with Crippen molar-refractivity contribution in [3.8, 4) is 0 Å². The SMILES string of the molecule is NCCc1cc(NCc2cccc3c2C(=O)N(C2CCC(=O)NC2=O)C3)n[nH]1. The lowest BCUT2D eigenvalue weighted by molar-refractivity contribution is -0.136. The van der Waals surface area contributed by atoms with Gasteiger partial charge < -0.3 is 16.0 Å². The fraction of sp³-hybridized carbons (Fsp3) is 0.368. The Hall–Kier alpha value is -3.20. The van der Waals surface area contributed by atoms with Crippen molar-refractivity contribution >= 4 is 23.5 Å². The maximum Gasteiger partial charge on any atom is 0.255 e. The van der Waals surface area contributed by atoms with E-state index in [4.69, 9.17) is 5.73 Å². The van der Waals surface area contributed by atoms with Gasteiger partial charge in [-0.2, -0.15) is 5.10 Å². The van der Waals surface area contributed by atoms with Gasteiger partial charge in [0.1, 0.15) is 11.9 Å². The predicted molar refractivity (Wildman–Crippen MR) is 101 cm³/mol. The summed E-state index contributed by atoms with van der Waals surface area (Å²) in [5, 5.41) is 12.7. The Bertz CT molecular complexity index is 938. The lowest BCUT2D eigenvalue weighted by atomic mass is 10.0. The van der Waals surface area contributed by atoms with E-state index in [1.165, 1.54) is 0 Å². The van der Waals surface area contributed by atoms with Crippen LogP contribution in [0.5, 0.6) is 0 Å². The molecule has 1 unspecified atom stereocenters. The molecule has 9 nitrogen and oxygen atoms in total. The first-order valence-corrected chi connectivity index (χ1v) is 9.30. The molecule has 0 spiro atoms. The van der Waals surface area contributed by atoms with Gasteiger partial charge in [-0.25, -0.2) is 0 Å². The number of piperidine rings is 1. The van der Waals surface area contributed by atoms with Gasteiger partial charge in [0.2, 0.25) is 11.8 Å². The number of hydrogen-bond acceptors (Lipinski definition) is 6. The summed E-state index contributed by atoms with van der Waals surface area (Å²) in [6.07, 6.45) is 1.32. The van der Waals surface area contributed by atoms with Crippen LogP contribution in [0.3, 0.4) is 0 Å². The number of aromatic nitrogens is 2. The lowest BCUT2D eigenvalue weighted by Crippen LogP contribution is -2.52. The van der Waals surface area contributed by atoms with E-state index >= 15 is 0 Å². The molecule has 2 aliphatic rings. The van der Waals surface area contributed by atoms with E-state index in [-0.39, 0.29) is 18.2 Å². The van der Waals surface area contributed by atoms with Crippen LogP contribution in [-0.2, 0) is 29.1 Å². The van der Waals surface area contributed by atoms with Crippen LogP contribution >= 0.6 is 0 Å². The molecule has 0 bridgehead atoms. The Morgan fingerprint density at radius 3 is 2.93 bits per heavy atom.